The topological polar surface area (TPSA) is 42.3 Å². The molecule has 8 rings (SSSR count). The predicted molar refractivity (Wildman–Crippen MR) is 166 cm³/mol. The number of rotatable bonds is 4. The van der Waals surface area contributed by atoms with Gasteiger partial charge >= 0.3 is 0 Å². The largest absolute Gasteiger partial charge is 0.333 e. The highest BCUT2D eigenvalue weighted by molar-refractivity contribution is 7.91. The second-order valence-electron chi connectivity index (χ2n) is 10.6. The first-order valence-electron chi connectivity index (χ1n) is 13.8. The number of anilines is 2. The van der Waals surface area contributed by atoms with Gasteiger partial charge in [0.25, 0.3) is 0 Å². The molecule has 5 aromatic carbocycles. The molecule has 6 aromatic rings. The summed E-state index contributed by atoms with van der Waals surface area (Å²) in [5.41, 5.74) is 6.07. The van der Waals surface area contributed by atoms with Crippen molar-refractivity contribution in [3.8, 4) is 5.69 Å². The van der Waals surface area contributed by atoms with E-state index in [1.807, 2.05) is 42.5 Å². The number of hydrogen-bond donors (Lipinski definition) is 0. The lowest BCUT2D eigenvalue weighted by molar-refractivity contribution is 0.596. The Morgan fingerprint density at radius 2 is 1.17 bits per heavy atom. The van der Waals surface area contributed by atoms with Crippen molar-refractivity contribution >= 4 is 43.0 Å². The zero-order valence-electron chi connectivity index (χ0n) is 22.1. The minimum atomic E-state index is -3.79. The fourth-order valence-electron chi connectivity index (χ4n) is 6.52. The smallest absolute Gasteiger partial charge is 0.206 e. The summed E-state index contributed by atoms with van der Waals surface area (Å²) < 4.78 is 30.4. The number of fused-ring (bicyclic) bond motifs is 6. The zero-order chi connectivity index (χ0) is 27.6. The van der Waals surface area contributed by atoms with Crippen LogP contribution in [0, 0.1) is 0 Å². The van der Waals surface area contributed by atoms with Crippen LogP contribution in [0.5, 0.6) is 0 Å². The van der Waals surface area contributed by atoms with E-state index < -0.39 is 9.84 Å². The van der Waals surface area contributed by atoms with Gasteiger partial charge in [-0.2, -0.15) is 0 Å². The normalized spacial score (nSPS) is 17.7. The maximum absolute atomic E-state index is 14.1. The molecule has 2 heterocycles. The van der Waals surface area contributed by atoms with Crippen molar-refractivity contribution in [2.24, 2.45) is 0 Å². The monoisotopic (exact) mass is 550 g/mol. The summed E-state index contributed by atoms with van der Waals surface area (Å²) in [6, 6.07) is 39.6. The molecule has 5 heteroatoms. The van der Waals surface area contributed by atoms with Crippen molar-refractivity contribution in [1.29, 1.82) is 0 Å². The van der Waals surface area contributed by atoms with Crippen LogP contribution in [0.4, 0.5) is 11.4 Å². The Balaban J connectivity index is 1.43. The van der Waals surface area contributed by atoms with Crippen LogP contribution in [0.3, 0.4) is 0 Å². The molecule has 1 aliphatic heterocycles. The fraction of sp³-hybridized carbons (Fsp3) is 0.0556. The van der Waals surface area contributed by atoms with Gasteiger partial charge in [-0.15, -0.1) is 0 Å². The van der Waals surface area contributed by atoms with Gasteiger partial charge < -0.3 is 9.47 Å². The number of sulfone groups is 1. The van der Waals surface area contributed by atoms with Crippen LogP contribution in [-0.2, 0) is 9.84 Å². The fourth-order valence-corrected chi connectivity index (χ4v) is 7.86. The van der Waals surface area contributed by atoms with Gasteiger partial charge in [-0.25, -0.2) is 8.42 Å². The standard InChI is InChI=1S/C36H26N2O2S/c39-41(40,27-12-2-1-3-13-27)28-23-25(37-33-18-8-4-14-29(33)30-15-5-9-19-34(30)37)22-26(24-28)38-35-20-10-6-16-31(35)32-17-7-11-21-36(32)38/h1-24,29,33H. The Morgan fingerprint density at radius 3 is 1.93 bits per heavy atom. The van der Waals surface area contributed by atoms with Gasteiger partial charge in [-0.05, 0) is 54.1 Å². The van der Waals surface area contributed by atoms with E-state index >= 15 is 0 Å². The number of para-hydroxylation sites is 3. The molecule has 0 saturated heterocycles. The van der Waals surface area contributed by atoms with Gasteiger partial charge in [0.2, 0.25) is 9.84 Å². The van der Waals surface area contributed by atoms with E-state index in [9.17, 15) is 8.42 Å². The van der Waals surface area contributed by atoms with Crippen LogP contribution in [0.15, 0.2) is 155 Å². The Morgan fingerprint density at radius 1 is 0.561 bits per heavy atom. The highest BCUT2D eigenvalue weighted by Crippen LogP contribution is 2.48. The first-order valence-corrected chi connectivity index (χ1v) is 15.3. The molecular formula is C36H26N2O2S. The highest BCUT2D eigenvalue weighted by atomic mass is 32.2. The second-order valence-corrected chi connectivity index (χ2v) is 12.5. The van der Waals surface area contributed by atoms with E-state index in [0.717, 1.165) is 38.9 Å². The van der Waals surface area contributed by atoms with Crippen LogP contribution in [-0.4, -0.2) is 19.0 Å². The number of aromatic nitrogens is 1. The summed E-state index contributed by atoms with van der Waals surface area (Å²) in [6.45, 7) is 0. The average Bonchev–Trinajstić information content (AvgIpc) is 3.54. The minimum Gasteiger partial charge on any atom is -0.333 e. The summed E-state index contributed by atoms with van der Waals surface area (Å²) in [6.07, 6.45) is 8.63. The maximum Gasteiger partial charge on any atom is 0.206 e. The number of hydrogen-bond acceptors (Lipinski definition) is 3. The second kappa shape index (κ2) is 9.08. The van der Waals surface area contributed by atoms with E-state index in [1.165, 1.54) is 5.56 Å². The van der Waals surface area contributed by atoms with Gasteiger partial charge in [0.15, 0.2) is 0 Å². The number of nitrogens with zero attached hydrogens (tertiary/aromatic N) is 2. The van der Waals surface area contributed by atoms with Gasteiger partial charge in [-0.1, -0.05) is 97.1 Å². The molecule has 2 aliphatic rings. The molecule has 0 saturated carbocycles. The van der Waals surface area contributed by atoms with Gasteiger partial charge in [0.05, 0.1) is 26.9 Å². The van der Waals surface area contributed by atoms with Gasteiger partial charge in [-0.3, -0.25) is 0 Å². The summed E-state index contributed by atoms with van der Waals surface area (Å²) >= 11 is 0. The summed E-state index contributed by atoms with van der Waals surface area (Å²) in [7, 11) is -3.79. The van der Waals surface area contributed by atoms with E-state index in [1.54, 1.807) is 24.3 Å². The number of benzene rings is 5. The van der Waals surface area contributed by atoms with Crippen molar-refractivity contribution in [3.63, 3.8) is 0 Å². The van der Waals surface area contributed by atoms with Crippen molar-refractivity contribution in [1.82, 2.24) is 4.57 Å². The summed E-state index contributed by atoms with van der Waals surface area (Å²) in [4.78, 5) is 2.85. The Kier molecular flexibility index (Phi) is 5.31. The molecule has 1 aromatic heterocycles. The molecule has 1 aliphatic carbocycles. The SMILES string of the molecule is O=S(=O)(c1ccccc1)c1cc(N2c3ccccc3C3C=CC=CC32)cc(-n2c3ccccc3c3ccccc32)c1. The van der Waals surface area contributed by atoms with Gasteiger partial charge in [0, 0.05) is 33.8 Å². The molecule has 4 nitrogen and oxygen atoms in total. The van der Waals surface area contributed by atoms with Crippen molar-refractivity contribution < 1.29 is 8.42 Å². The average molecular weight is 551 g/mol. The third-order valence-electron chi connectivity index (χ3n) is 8.32. The number of allylic oxidation sites excluding steroid dienone is 2. The molecule has 198 valence electrons. The predicted octanol–water partition coefficient (Wildman–Crippen LogP) is 8.35. The molecule has 0 N–H and O–H groups in total. The molecule has 0 amide bonds. The van der Waals surface area contributed by atoms with Crippen LogP contribution in [0.1, 0.15) is 11.5 Å². The zero-order valence-corrected chi connectivity index (χ0v) is 22.9. The van der Waals surface area contributed by atoms with E-state index in [2.05, 4.69) is 88.4 Å². The molecule has 0 fully saturated rings. The molecule has 0 radical (unpaired) electrons. The Labute approximate surface area is 239 Å². The van der Waals surface area contributed by atoms with Crippen LogP contribution < -0.4 is 4.90 Å². The third-order valence-corrected chi connectivity index (χ3v) is 10.1. The molecular weight excluding hydrogens is 524 g/mol. The van der Waals surface area contributed by atoms with Crippen molar-refractivity contribution in [2.75, 3.05) is 4.90 Å². The van der Waals surface area contributed by atoms with Crippen LogP contribution in [0.25, 0.3) is 27.5 Å². The maximum atomic E-state index is 14.1. The highest BCUT2D eigenvalue weighted by Gasteiger charge is 2.37. The Bertz CT molecular complexity index is 2090. The van der Waals surface area contributed by atoms with Crippen molar-refractivity contribution in [3.05, 3.63) is 151 Å². The minimum absolute atomic E-state index is 0.0538. The molecule has 2 unspecified atom stereocenters. The summed E-state index contributed by atoms with van der Waals surface area (Å²) in [5, 5.41) is 2.26. The lowest BCUT2D eigenvalue weighted by atomic mass is 9.91. The van der Waals surface area contributed by atoms with E-state index in [0.29, 0.717) is 0 Å². The third kappa shape index (κ3) is 3.63. The van der Waals surface area contributed by atoms with Crippen molar-refractivity contribution in [2.45, 2.75) is 21.8 Å². The first-order chi connectivity index (χ1) is 20.1. The van der Waals surface area contributed by atoms with Crippen LogP contribution in [0.2, 0.25) is 0 Å². The Hall–Kier alpha value is -4.87. The quantitative estimate of drug-likeness (QED) is 0.222. The lowest BCUT2D eigenvalue weighted by Crippen LogP contribution is -2.28. The molecule has 41 heavy (non-hydrogen) atoms. The first kappa shape index (κ1) is 24.0. The van der Waals surface area contributed by atoms with Crippen LogP contribution >= 0.6 is 0 Å². The van der Waals surface area contributed by atoms with Gasteiger partial charge in [0.1, 0.15) is 0 Å². The molecule has 0 bridgehead atoms. The summed E-state index contributed by atoms with van der Waals surface area (Å²) in [5.74, 6) is 0.197. The molecule has 0 spiro atoms. The lowest BCUT2D eigenvalue weighted by Gasteiger charge is -2.29. The van der Waals surface area contributed by atoms with E-state index in [4.69, 9.17) is 0 Å². The van der Waals surface area contributed by atoms with E-state index in [-0.39, 0.29) is 21.8 Å². The molecule has 2 atom stereocenters.